The highest BCUT2D eigenvalue weighted by molar-refractivity contribution is 5.95. The predicted octanol–water partition coefficient (Wildman–Crippen LogP) is 3.28. The molecule has 3 rings (SSSR count). The van der Waals surface area contributed by atoms with Crippen molar-refractivity contribution in [2.75, 3.05) is 18.4 Å². The van der Waals surface area contributed by atoms with Gasteiger partial charge in [0.15, 0.2) is 0 Å². The van der Waals surface area contributed by atoms with Crippen LogP contribution >= 0.6 is 0 Å². The van der Waals surface area contributed by atoms with Crippen LogP contribution in [0.15, 0.2) is 18.3 Å². The highest BCUT2D eigenvalue weighted by Crippen LogP contribution is 2.37. The van der Waals surface area contributed by atoms with Crippen molar-refractivity contribution in [2.24, 2.45) is 5.73 Å². The molecule has 26 heavy (non-hydrogen) atoms. The SMILES string of the molecule is CC(C)(C)Nc1c(C2CCCCC2)nc2cc(C(=O)NCCN)ccn12. The third-order valence-electron chi connectivity index (χ3n) is 4.83. The minimum atomic E-state index is -0.106. The number of nitrogens with two attached hydrogens (primary N) is 1. The molecule has 6 nitrogen and oxygen atoms in total. The van der Waals surface area contributed by atoms with Gasteiger partial charge in [0, 0.05) is 36.3 Å². The lowest BCUT2D eigenvalue weighted by Crippen LogP contribution is -2.29. The molecule has 1 aliphatic rings. The van der Waals surface area contributed by atoms with Crippen LogP contribution in [0.5, 0.6) is 0 Å². The first-order valence-electron chi connectivity index (χ1n) is 9.67. The maximum Gasteiger partial charge on any atom is 0.251 e. The molecule has 0 saturated heterocycles. The zero-order valence-corrected chi connectivity index (χ0v) is 16.1. The van der Waals surface area contributed by atoms with Crippen LogP contribution in [0.4, 0.5) is 5.82 Å². The number of pyridine rings is 1. The van der Waals surface area contributed by atoms with Gasteiger partial charge in [0.1, 0.15) is 11.5 Å². The van der Waals surface area contributed by atoms with Crippen LogP contribution in [0.1, 0.15) is 74.8 Å². The lowest BCUT2D eigenvalue weighted by Gasteiger charge is -2.26. The number of hydrogen-bond donors (Lipinski definition) is 3. The van der Waals surface area contributed by atoms with Gasteiger partial charge in [0.2, 0.25) is 0 Å². The second-order valence-corrected chi connectivity index (χ2v) is 8.24. The molecule has 0 atom stereocenters. The molecule has 1 fully saturated rings. The number of fused-ring (bicyclic) bond motifs is 1. The van der Waals surface area contributed by atoms with Crippen molar-refractivity contribution in [3.63, 3.8) is 0 Å². The van der Waals surface area contributed by atoms with Crippen molar-refractivity contribution < 1.29 is 4.79 Å². The smallest absolute Gasteiger partial charge is 0.251 e. The Balaban J connectivity index is 2.00. The molecule has 1 aliphatic carbocycles. The molecule has 0 aliphatic heterocycles. The Kier molecular flexibility index (Phi) is 5.51. The van der Waals surface area contributed by atoms with Gasteiger partial charge >= 0.3 is 0 Å². The largest absolute Gasteiger partial charge is 0.365 e. The van der Waals surface area contributed by atoms with Crippen LogP contribution in [-0.4, -0.2) is 33.9 Å². The van der Waals surface area contributed by atoms with Gasteiger partial charge < -0.3 is 16.4 Å². The van der Waals surface area contributed by atoms with Gasteiger partial charge in [0.25, 0.3) is 5.91 Å². The molecule has 1 saturated carbocycles. The molecule has 0 bridgehead atoms. The van der Waals surface area contributed by atoms with Crippen molar-refractivity contribution >= 4 is 17.4 Å². The lowest BCUT2D eigenvalue weighted by atomic mass is 9.87. The van der Waals surface area contributed by atoms with Crippen molar-refractivity contribution in [1.29, 1.82) is 0 Å². The number of carbonyl (C=O) groups excluding carboxylic acids is 1. The molecular weight excluding hydrogens is 326 g/mol. The maximum atomic E-state index is 12.3. The first-order chi connectivity index (χ1) is 12.4. The van der Waals surface area contributed by atoms with Crippen LogP contribution in [0.3, 0.4) is 0 Å². The van der Waals surface area contributed by atoms with E-state index in [1.165, 1.54) is 32.1 Å². The summed E-state index contributed by atoms with van der Waals surface area (Å²) in [7, 11) is 0. The van der Waals surface area contributed by atoms with Gasteiger partial charge in [0.05, 0.1) is 5.69 Å². The second kappa shape index (κ2) is 7.66. The Hall–Kier alpha value is -2.08. The van der Waals surface area contributed by atoms with Crippen molar-refractivity contribution in [3.05, 3.63) is 29.6 Å². The number of hydrogen-bond acceptors (Lipinski definition) is 4. The minimum Gasteiger partial charge on any atom is -0.365 e. The number of anilines is 1. The van der Waals surface area contributed by atoms with E-state index in [0.717, 1.165) is 17.2 Å². The summed E-state index contributed by atoms with van der Waals surface area (Å²) >= 11 is 0. The zero-order chi connectivity index (χ0) is 18.7. The Morgan fingerprint density at radius 1 is 1.31 bits per heavy atom. The molecule has 4 N–H and O–H groups in total. The van der Waals surface area contributed by atoms with E-state index in [-0.39, 0.29) is 11.4 Å². The van der Waals surface area contributed by atoms with E-state index in [1.807, 2.05) is 18.3 Å². The number of amides is 1. The Bertz CT molecular complexity index is 768. The number of nitrogens with zero attached hydrogens (tertiary/aromatic N) is 2. The molecule has 142 valence electrons. The van der Waals surface area contributed by atoms with Crippen molar-refractivity contribution in [1.82, 2.24) is 14.7 Å². The van der Waals surface area contributed by atoms with E-state index in [2.05, 4.69) is 35.8 Å². The van der Waals surface area contributed by atoms with E-state index >= 15 is 0 Å². The van der Waals surface area contributed by atoms with Gasteiger partial charge in [-0.1, -0.05) is 19.3 Å². The summed E-state index contributed by atoms with van der Waals surface area (Å²) in [6.07, 6.45) is 8.16. The van der Waals surface area contributed by atoms with Gasteiger partial charge in [-0.3, -0.25) is 9.20 Å². The standard InChI is InChI=1S/C20H31N5O/c1-20(2,3)24-18-17(14-7-5-4-6-8-14)23-16-13-15(9-12-25(16)18)19(26)22-11-10-21/h9,12-14,24H,4-8,10-11,21H2,1-3H3,(H,22,26). The number of imidazole rings is 1. The molecule has 6 heteroatoms. The molecule has 2 heterocycles. The van der Waals surface area contributed by atoms with Crippen LogP contribution in [0.25, 0.3) is 5.65 Å². The average molecular weight is 358 g/mol. The molecular formula is C20H31N5O. The Labute approximate surface area is 155 Å². The van der Waals surface area contributed by atoms with Gasteiger partial charge in [-0.05, 0) is 45.7 Å². The summed E-state index contributed by atoms with van der Waals surface area (Å²) in [5.74, 6) is 1.45. The summed E-state index contributed by atoms with van der Waals surface area (Å²) in [5, 5.41) is 6.46. The van der Waals surface area contributed by atoms with Crippen molar-refractivity contribution in [2.45, 2.75) is 64.3 Å². The first-order valence-corrected chi connectivity index (χ1v) is 9.67. The molecule has 2 aromatic heterocycles. The van der Waals surface area contributed by atoms with E-state index in [1.54, 1.807) is 0 Å². The normalized spacial score (nSPS) is 16.0. The molecule has 0 aromatic carbocycles. The summed E-state index contributed by atoms with van der Waals surface area (Å²) in [6, 6.07) is 3.71. The summed E-state index contributed by atoms with van der Waals surface area (Å²) in [5.41, 5.74) is 7.99. The fourth-order valence-corrected chi connectivity index (χ4v) is 3.63. The zero-order valence-electron chi connectivity index (χ0n) is 16.1. The van der Waals surface area contributed by atoms with Crippen LogP contribution in [0.2, 0.25) is 0 Å². The molecule has 0 spiro atoms. The highest BCUT2D eigenvalue weighted by atomic mass is 16.1. The third kappa shape index (κ3) is 4.18. The fraction of sp³-hybridized carbons (Fsp3) is 0.600. The van der Waals surface area contributed by atoms with E-state index in [9.17, 15) is 4.79 Å². The second-order valence-electron chi connectivity index (χ2n) is 8.24. The first kappa shape index (κ1) is 18.7. The third-order valence-corrected chi connectivity index (χ3v) is 4.83. The fourth-order valence-electron chi connectivity index (χ4n) is 3.63. The molecule has 0 unspecified atom stereocenters. The minimum absolute atomic E-state index is 0.0590. The topological polar surface area (TPSA) is 84.5 Å². The lowest BCUT2D eigenvalue weighted by molar-refractivity contribution is 0.0954. The van der Waals surface area contributed by atoms with Crippen LogP contribution < -0.4 is 16.4 Å². The van der Waals surface area contributed by atoms with Gasteiger partial charge in [-0.25, -0.2) is 4.98 Å². The number of rotatable bonds is 5. The summed E-state index contributed by atoms with van der Waals surface area (Å²) in [6.45, 7) is 7.38. The average Bonchev–Trinajstić information content (AvgIpc) is 2.96. The van der Waals surface area contributed by atoms with Crippen LogP contribution in [0, 0.1) is 0 Å². The molecule has 2 aromatic rings. The van der Waals surface area contributed by atoms with Crippen LogP contribution in [-0.2, 0) is 0 Å². The van der Waals surface area contributed by atoms with E-state index in [4.69, 9.17) is 10.7 Å². The monoisotopic (exact) mass is 357 g/mol. The van der Waals surface area contributed by atoms with E-state index < -0.39 is 0 Å². The molecule has 1 amide bonds. The highest BCUT2D eigenvalue weighted by Gasteiger charge is 2.25. The Morgan fingerprint density at radius 2 is 2.04 bits per heavy atom. The van der Waals surface area contributed by atoms with Crippen molar-refractivity contribution in [3.8, 4) is 0 Å². The van der Waals surface area contributed by atoms with E-state index in [0.29, 0.717) is 24.6 Å². The quantitative estimate of drug-likeness (QED) is 0.767. The summed E-state index contributed by atoms with van der Waals surface area (Å²) < 4.78 is 2.08. The molecule has 0 radical (unpaired) electrons. The Morgan fingerprint density at radius 3 is 2.69 bits per heavy atom. The van der Waals surface area contributed by atoms with Gasteiger partial charge in [-0.2, -0.15) is 0 Å². The van der Waals surface area contributed by atoms with Gasteiger partial charge in [-0.15, -0.1) is 0 Å². The maximum absolute atomic E-state index is 12.3. The number of nitrogens with one attached hydrogen (secondary N) is 2. The number of carbonyl (C=O) groups is 1. The predicted molar refractivity (Wildman–Crippen MR) is 106 cm³/mol. The number of aromatic nitrogens is 2. The summed E-state index contributed by atoms with van der Waals surface area (Å²) in [4.78, 5) is 17.2.